The van der Waals surface area contributed by atoms with Crippen molar-refractivity contribution < 1.29 is 4.42 Å². The number of guanidine groups is 1. The predicted molar refractivity (Wildman–Crippen MR) is 139 cm³/mol. The van der Waals surface area contributed by atoms with Crippen LogP contribution >= 0.6 is 24.0 Å². The van der Waals surface area contributed by atoms with Crippen molar-refractivity contribution in [1.29, 1.82) is 0 Å². The molecule has 1 unspecified atom stereocenters. The van der Waals surface area contributed by atoms with Crippen molar-refractivity contribution in [3.8, 4) is 0 Å². The number of furan rings is 1. The molecule has 1 saturated heterocycles. The molecule has 0 bridgehead atoms. The second-order valence-electron chi connectivity index (χ2n) is 8.03. The van der Waals surface area contributed by atoms with Crippen LogP contribution in [0.4, 0.5) is 0 Å². The minimum atomic E-state index is 0. The molecule has 1 atom stereocenters. The Morgan fingerprint density at radius 3 is 2.52 bits per heavy atom. The van der Waals surface area contributed by atoms with E-state index in [0.29, 0.717) is 6.04 Å². The van der Waals surface area contributed by atoms with Crippen molar-refractivity contribution in [2.75, 3.05) is 40.3 Å². The summed E-state index contributed by atoms with van der Waals surface area (Å²) in [7, 11) is 4.01. The zero-order valence-corrected chi connectivity index (χ0v) is 21.7. The highest BCUT2D eigenvalue weighted by Gasteiger charge is 2.28. The quantitative estimate of drug-likeness (QED) is 0.297. The molecule has 1 fully saturated rings. The molecule has 1 aromatic carbocycles. The Bertz CT molecular complexity index is 791. The van der Waals surface area contributed by atoms with Gasteiger partial charge in [-0.25, -0.2) is 0 Å². The average molecular weight is 540 g/mol. The third-order valence-corrected chi connectivity index (χ3v) is 6.00. The molecule has 2 aromatic rings. The first-order valence-electron chi connectivity index (χ1n) is 11.1. The highest BCUT2D eigenvalue weighted by atomic mass is 127. The van der Waals surface area contributed by atoms with Gasteiger partial charge in [-0.05, 0) is 49.8 Å². The van der Waals surface area contributed by atoms with Gasteiger partial charge in [0.1, 0.15) is 5.76 Å². The van der Waals surface area contributed by atoms with Crippen molar-refractivity contribution in [3.05, 3.63) is 59.5 Å². The molecule has 6 nitrogen and oxygen atoms in total. The third kappa shape index (κ3) is 7.22. The first-order chi connectivity index (χ1) is 14.6. The van der Waals surface area contributed by atoms with Gasteiger partial charge in [0, 0.05) is 39.3 Å². The smallest absolute Gasteiger partial charge is 0.193 e. The lowest BCUT2D eigenvalue weighted by molar-refractivity contribution is 0.223. The molecule has 31 heavy (non-hydrogen) atoms. The molecule has 1 aliphatic rings. The summed E-state index contributed by atoms with van der Waals surface area (Å²) < 4.78 is 5.49. The molecule has 2 heterocycles. The molecule has 3 rings (SSSR count). The number of likely N-dealkylation sites (tertiary alicyclic amines) is 1. The summed E-state index contributed by atoms with van der Waals surface area (Å²) in [6.07, 6.45) is 2.94. The van der Waals surface area contributed by atoms with E-state index in [-0.39, 0.29) is 24.0 Å². The SMILES string of the molecule is CCN(CC)C1CCN(C(=NC)NCc2ccccc2CN(C)Cc2ccco2)C1.I. The second-order valence-corrected chi connectivity index (χ2v) is 8.03. The standard InChI is InChI=1S/C24H37N5O.HI/c1-5-28(6-2)22-13-14-29(18-22)24(25-3)26-16-20-10-7-8-11-21(20)17-27(4)19-23-12-9-15-30-23;/h7-12,15,22H,5-6,13-14,16-19H2,1-4H3,(H,25,26);1H. The van der Waals surface area contributed by atoms with Crippen molar-refractivity contribution in [2.24, 2.45) is 4.99 Å². The first kappa shape index (κ1) is 25.7. The van der Waals surface area contributed by atoms with Gasteiger partial charge in [-0.1, -0.05) is 38.1 Å². The lowest BCUT2D eigenvalue weighted by Gasteiger charge is -2.27. The van der Waals surface area contributed by atoms with E-state index in [1.165, 1.54) is 17.5 Å². The highest BCUT2D eigenvalue weighted by Crippen LogP contribution is 2.17. The van der Waals surface area contributed by atoms with Crippen LogP contribution in [0.15, 0.2) is 52.1 Å². The van der Waals surface area contributed by atoms with Crippen LogP contribution in [0.1, 0.15) is 37.2 Å². The maximum Gasteiger partial charge on any atom is 0.193 e. The molecule has 7 heteroatoms. The van der Waals surface area contributed by atoms with Crippen LogP contribution in [-0.2, 0) is 19.6 Å². The molecule has 1 aliphatic heterocycles. The van der Waals surface area contributed by atoms with Crippen molar-refractivity contribution >= 4 is 29.9 Å². The third-order valence-electron chi connectivity index (χ3n) is 6.00. The van der Waals surface area contributed by atoms with Gasteiger partial charge in [0.05, 0.1) is 12.8 Å². The Labute approximate surface area is 204 Å². The van der Waals surface area contributed by atoms with Gasteiger partial charge in [-0.3, -0.25) is 14.8 Å². The molecule has 1 aromatic heterocycles. The normalized spacial score (nSPS) is 16.8. The summed E-state index contributed by atoms with van der Waals surface area (Å²) >= 11 is 0. The average Bonchev–Trinajstić information content (AvgIpc) is 3.43. The minimum absolute atomic E-state index is 0. The molecular formula is C24H38IN5O. The molecule has 0 aliphatic carbocycles. The topological polar surface area (TPSA) is 47.2 Å². The summed E-state index contributed by atoms with van der Waals surface area (Å²) in [6, 6.07) is 13.2. The summed E-state index contributed by atoms with van der Waals surface area (Å²) in [5.74, 6) is 1.99. The van der Waals surface area contributed by atoms with Gasteiger partial charge in [-0.15, -0.1) is 24.0 Å². The van der Waals surface area contributed by atoms with E-state index in [1.54, 1.807) is 6.26 Å². The Balaban J connectivity index is 0.00000341. The van der Waals surface area contributed by atoms with Crippen LogP contribution in [0.3, 0.4) is 0 Å². The van der Waals surface area contributed by atoms with Crippen LogP contribution in [0.5, 0.6) is 0 Å². The molecular weight excluding hydrogens is 501 g/mol. The van der Waals surface area contributed by atoms with Gasteiger partial charge >= 0.3 is 0 Å². The van der Waals surface area contributed by atoms with Crippen molar-refractivity contribution in [1.82, 2.24) is 20.0 Å². The minimum Gasteiger partial charge on any atom is -0.468 e. The van der Waals surface area contributed by atoms with Gasteiger partial charge in [0.25, 0.3) is 0 Å². The maximum atomic E-state index is 5.49. The summed E-state index contributed by atoms with van der Waals surface area (Å²) in [5.41, 5.74) is 2.64. The zero-order valence-electron chi connectivity index (χ0n) is 19.4. The highest BCUT2D eigenvalue weighted by molar-refractivity contribution is 14.0. The van der Waals surface area contributed by atoms with E-state index < -0.39 is 0 Å². The van der Waals surface area contributed by atoms with Gasteiger partial charge < -0.3 is 14.6 Å². The fourth-order valence-corrected chi connectivity index (χ4v) is 4.38. The molecule has 1 N–H and O–H groups in total. The van der Waals surface area contributed by atoms with Crippen LogP contribution in [0.25, 0.3) is 0 Å². The van der Waals surface area contributed by atoms with Crippen LogP contribution in [0.2, 0.25) is 0 Å². The Morgan fingerprint density at radius 1 is 1.13 bits per heavy atom. The van der Waals surface area contributed by atoms with Crippen LogP contribution in [-0.4, -0.2) is 67.0 Å². The van der Waals surface area contributed by atoms with Crippen LogP contribution < -0.4 is 5.32 Å². The Hall–Kier alpha value is -1.58. The number of halogens is 1. The largest absolute Gasteiger partial charge is 0.468 e. The Kier molecular flexibility index (Phi) is 10.8. The first-order valence-corrected chi connectivity index (χ1v) is 11.1. The molecule has 0 radical (unpaired) electrons. The summed E-state index contributed by atoms with van der Waals surface area (Å²) in [5, 5.41) is 3.60. The lowest BCUT2D eigenvalue weighted by Crippen LogP contribution is -2.43. The monoisotopic (exact) mass is 539 g/mol. The summed E-state index contributed by atoms with van der Waals surface area (Å²) in [4.78, 5) is 11.8. The van der Waals surface area contributed by atoms with E-state index in [9.17, 15) is 0 Å². The predicted octanol–water partition coefficient (Wildman–Crippen LogP) is 4.02. The number of hydrogen-bond acceptors (Lipinski definition) is 4. The van der Waals surface area contributed by atoms with Gasteiger partial charge in [0.15, 0.2) is 5.96 Å². The number of hydrogen-bond donors (Lipinski definition) is 1. The fraction of sp³-hybridized carbons (Fsp3) is 0.542. The Morgan fingerprint density at radius 2 is 1.87 bits per heavy atom. The van der Waals surface area contributed by atoms with E-state index in [2.05, 4.69) is 70.2 Å². The maximum absolute atomic E-state index is 5.49. The van der Waals surface area contributed by atoms with E-state index in [0.717, 1.165) is 57.5 Å². The number of likely N-dealkylation sites (N-methyl/N-ethyl adjacent to an activating group) is 1. The van der Waals surface area contributed by atoms with Crippen molar-refractivity contribution in [3.63, 3.8) is 0 Å². The summed E-state index contributed by atoms with van der Waals surface area (Å²) in [6.45, 7) is 11.3. The van der Waals surface area contributed by atoms with Gasteiger partial charge in [0.2, 0.25) is 0 Å². The van der Waals surface area contributed by atoms with E-state index >= 15 is 0 Å². The molecule has 0 saturated carbocycles. The van der Waals surface area contributed by atoms with Crippen LogP contribution in [0, 0.1) is 0 Å². The number of nitrogens with one attached hydrogen (secondary N) is 1. The lowest BCUT2D eigenvalue weighted by atomic mass is 10.1. The van der Waals surface area contributed by atoms with E-state index in [1.807, 2.05) is 19.2 Å². The molecule has 0 spiro atoms. The van der Waals surface area contributed by atoms with Gasteiger partial charge in [-0.2, -0.15) is 0 Å². The van der Waals surface area contributed by atoms with Crippen molar-refractivity contribution in [2.45, 2.75) is 45.9 Å². The molecule has 0 amide bonds. The van der Waals surface area contributed by atoms with E-state index in [4.69, 9.17) is 4.42 Å². The second kappa shape index (κ2) is 13.1. The number of nitrogens with zero attached hydrogens (tertiary/aromatic N) is 4. The number of benzene rings is 1. The fourth-order valence-electron chi connectivity index (χ4n) is 4.38. The number of rotatable bonds is 9. The molecule has 172 valence electrons. The zero-order chi connectivity index (χ0) is 21.3. The number of aliphatic imine (C=N–C) groups is 1.